The molecule has 0 aromatic carbocycles. The number of piperidine rings is 1. The number of hydrogen-bond donors (Lipinski definition) is 2. The number of aryl methyl sites for hydroxylation is 1. The summed E-state index contributed by atoms with van der Waals surface area (Å²) in [4.78, 5) is 14.3. The van der Waals surface area contributed by atoms with Crippen molar-refractivity contribution in [3.8, 4) is 0 Å². The number of carbonyl (C=O) groups excluding carboxylic acids is 1. The third-order valence-electron chi connectivity index (χ3n) is 3.99. The standard InChI is InChI=1S/C14H23N3O3/c1-10-7-12(20-16-10)15-13(19)11(2)17-6-4-5-14(3,8-17)9-18/h7,11,18H,4-6,8-9H2,1-3H3,(H,15,19)/t11-,14+/m1/s1. The Balaban J connectivity index is 1.96. The maximum Gasteiger partial charge on any atom is 0.243 e. The molecule has 1 fully saturated rings. The lowest BCUT2D eigenvalue weighted by Gasteiger charge is -2.41. The highest BCUT2D eigenvalue weighted by Crippen LogP contribution is 2.29. The van der Waals surface area contributed by atoms with Gasteiger partial charge in [0.05, 0.1) is 11.7 Å². The minimum atomic E-state index is -0.258. The number of nitrogens with one attached hydrogen (secondary N) is 1. The van der Waals surface area contributed by atoms with Crippen molar-refractivity contribution >= 4 is 11.8 Å². The maximum atomic E-state index is 12.2. The smallest absolute Gasteiger partial charge is 0.243 e. The third-order valence-corrected chi connectivity index (χ3v) is 3.99. The Kier molecular flexibility index (Phi) is 4.45. The summed E-state index contributed by atoms with van der Waals surface area (Å²) >= 11 is 0. The first-order chi connectivity index (χ1) is 9.43. The number of nitrogens with zero attached hydrogens (tertiary/aromatic N) is 2. The highest BCUT2D eigenvalue weighted by Gasteiger charge is 2.34. The second-order valence-corrected chi connectivity index (χ2v) is 6.04. The van der Waals surface area contributed by atoms with E-state index in [1.165, 1.54) is 0 Å². The largest absolute Gasteiger partial charge is 0.396 e. The van der Waals surface area contributed by atoms with Crippen molar-refractivity contribution in [1.29, 1.82) is 0 Å². The van der Waals surface area contributed by atoms with Crippen molar-refractivity contribution < 1.29 is 14.4 Å². The van der Waals surface area contributed by atoms with E-state index in [0.29, 0.717) is 5.88 Å². The summed E-state index contributed by atoms with van der Waals surface area (Å²) in [5.74, 6) is 0.268. The lowest BCUT2D eigenvalue weighted by Crippen LogP contribution is -2.51. The van der Waals surface area contributed by atoms with Crippen LogP contribution in [-0.2, 0) is 4.79 Å². The Morgan fingerprint density at radius 3 is 3.05 bits per heavy atom. The van der Waals surface area contributed by atoms with Gasteiger partial charge in [0, 0.05) is 24.6 Å². The Labute approximate surface area is 119 Å². The maximum absolute atomic E-state index is 12.2. The fourth-order valence-electron chi connectivity index (χ4n) is 2.63. The van der Waals surface area contributed by atoms with Gasteiger partial charge in [-0.2, -0.15) is 0 Å². The fraction of sp³-hybridized carbons (Fsp3) is 0.714. The molecule has 20 heavy (non-hydrogen) atoms. The van der Waals surface area contributed by atoms with E-state index in [1.807, 2.05) is 6.92 Å². The van der Waals surface area contributed by atoms with E-state index >= 15 is 0 Å². The molecule has 1 aliphatic rings. The monoisotopic (exact) mass is 281 g/mol. The van der Waals surface area contributed by atoms with E-state index in [1.54, 1.807) is 13.0 Å². The molecule has 2 N–H and O–H groups in total. The molecule has 0 radical (unpaired) electrons. The number of likely N-dealkylation sites (tertiary alicyclic amines) is 1. The molecule has 6 heteroatoms. The Morgan fingerprint density at radius 1 is 1.70 bits per heavy atom. The van der Waals surface area contributed by atoms with Gasteiger partial charge in [-0.3, -0.25) is 15.0 Å². The van der Waals surface area contributed by atoms with Crippen molar-refractivity contribution in [2.45, 2.75) is 39.7 Å². The van der Waals surface area contributed by atoms with Crippen molar-refractivity contribution in [3.05, 3.63) is 11.8 Å². The zero-order valence-corrected chi connectivity index (χ0v) is 12.3. The van der Waals surface area contributed by atoms with E-state index in [9.17, 15) is 9.90 Å². The molecule has 1 aliphatic heterocycles. The van der Waals surface area contributed by atoms with Gasteiger partial charge in [-0.1, -0.05) is 12.1 Å². The molecule has 1 aromatic rings. The third kappa shape index (κ3) is 3.37. The summed E-state index contributed by atoms with van der Waals surface area (Å²) in [6.45, 7) is 7.50. The van der Waals surface area contributed by atoms with Crippen LogP contribution >= 0.6 is 0 Å². The Hall–Kier alpha value is -1.40. The Bertz CT molecular complexity index is 474. The van der Waals surface area contributed by atoms with Gasteiger partial charge in [-0.05, 0) is 33.2 Å². The average Bonchev–Trinajstić information content (AvgIpc) is 2.83. The number of amides is 1. The van der Waals surface area contributed by atoms with Crippen LogP contribution in [0.3, 0.4) is 0 Å². The summed E-state index contributed by atoms with van der Waals surface area (Å²) in [6.07, 6.45) is 1.99. The lowest BCUT2D eigenvalue weighted by atomic mass is 9.82. The fourth-order valence-corrected chi connectivity index (χ4v) is 2.63. The molecule has 0 aliphatic carbocycles. The second kappa shape index (κ2) is 5.93. The Morgan fingerprint density at radius 2 is 2.45 bits per heavy atom. The van der Waals surface area contributed by atoms with Crippen LogP contribution in [0.25, 0.3) is 0 Å². The topological polar surface area (TPSA) is 78.6 Å². The highest BCUT2D eigenvalue weighted by atomic mass is 16.5. The SMILES string of the molecule is Cc1cc(NC(=O)[C@@H](C)N2CCC[C@](C)(CO)C2)on1. The van der Waals surface area contributed by atoms with Crippen LogP contribution < -0.4 is 5.32 Å². The number of rotatable bonds is 4. The number of hydrogen-bond acceptors (Lipinski definition) is 5. The van der Waals surface area contributed by atoms with Gasteiger partial charge in [0.15, 0.2) is 0 Å². The molecule has 0 spiro atoms. The summed E-state index contributed by atoms with van der Waals surface area (Å²) in [6, 6.07) is 1.44. The molecular weight excluding hydrogens is 258 g/mol. The van der Waals surface area contributed by atoms with Crippen molar-refractivity contribution in [3.63, 3.8) is 0 Å². The molecule has 2 heterocycles. The average molecular weight is 281 g/mol. The molecular formula is C14H23N3O3. The summed E-state index contributed by atoms with van der Waals surface area (Å²) < 4.78 is 4.99. The van der Waals surface area contributed by atoms with Gasteiger partial charge in [0.2, 0.25) is 11.8 Å². The molecule has 2 atom stereocenters. The van der Waals surface area contributed by atoms with Crippen molar-refractivity contribution in [2.75, 3.05) is 25.0 Å². The van der Waals surface area contributed by atoms with E-state index in [4.69, 9.17) is 4.52 Å². The van der Waals surface area contributed by atoms with Gasteiger partial charge in [0.1, 0.15) is 0 Å². The lowest BCUT2D eigenvalue weighted by molar-refractivity contribution is -0.122. The first-order valence-electron chi connectivity index (χ1n) is 7.03. The molecule has 2 rings (SSSR count). The van der Waals surface area contributed by atoms with Gasteiger partial charge >= 0.3 is 0 Å². The molecule has 6 nitrogen and oxygen atoms in total. The minimum Gasteiger partial charge on any atom is -0.396 e. The van der Waals surface area contributed by atoms with Crippen LogP contribution in [0.4, 0.5) is 5.88 Å². The van der Waals surface area contributed by atoms with E-state index in [2.05, 4.69) is 22.3 Å². The normalized spacial score (nSPS) is 25.4. The highest BCUT2D eigenvalue weighted by molar-refractivity contribution is 5.93. The van der Waals surface area contributed by atoms with E-state index in [-0.39, 0.29) is 24.0 Å². The van der Waals surface area contributed by atoms with Crippen LogP contribution in [0.2, 0.25) is 0 Å². The summed E-state index contributed by atoms with van der Waals surface area (Å²) in [7, 11) is 0. The van der Waals surface area contributed by atoms with Crippen molar-refractivity contribution in [1.82, 2.24) is 10.1 Å². The quantitative estimate of drug-likeness (QED) is 0.872. The van der Waals surface area contributed by atoms with E-state index in [0.717, 1.165) is 31.6 Å². The molecule has 1 aromatic heterocycles. The predicted octanol–water partition coefficient (Wildman–Crippen LogP) is 1.40. The van der Waals surface area contributed by atoms with Gasteiger partial charge in [-0.25, -0.2) is 0 Å². The molecule has 1 saturated heterocycles. The van der Waals surface area contributed by atoms with Crippen molar-refractivity contribution in [2.24, 2.45) is 5.41 Å². The predicted molar refractivity (Wildman–Crippen MR) is 75.3 cm³/mol. The minimum absolute atomic E-state index is 0.108. The second-order valence-electron chi connectivity index (χ2n) is 6.04. The molecule has 0 bridgehead atoms. The zero-order chi connectivity index (χ0) is 14.8. The van der Waals surface area contributed by atoms with Crippen LogP contribution in [0.15, 0.2) is 10.6 Å². The van der Waals surface area contributed by atoms with Gasteiger partial charge in [-0.15, -0.1) is 0 Å². The molecule has 112 valence electrons. The number of aliphatic hydroxyl groups excluding tert-OH is 1. The van der Waals surface area contributed by atoms with Crippen LogP contribution in [-0.4, -0.2) is 46.8 Å². The number of carbonyl (C=O) groups is 1. The van der Waals surface area contributed by atoms with Gasteiger partial charge in [0.25, 0.3) is 0 Å². The molecule has 1 amide bonds. The first-order valence-corrected chi connectivity index (χ1v) is 7.03. The molecule has 0 saturated carbocycles. The van der Waals surface area contributed by atoms with Crippen LogP contribution in [0.5, 0.6) is 0 Å². The van der Waals surface area contributed by atoms with Gasteiger partial charge < -0.3 is 9.63 Å². The van der Waals surface area contributed by atoms with Crippen LogP contribution in [0.1, 0.15) is 32.4 Å². The summed E-state index contributed by atoms with van der Waals surface area (Å²) in [5, 5.41) is 16.0. The number of aromatic nitrogens is 1. The van der Waals surface area contributed by atoms with Crippen LogP contribution in [0, 0.1) is 12.3 Å². The number of aliphatic hydroxyl groups is 1. The molecule has 0 unspecified atom stereocenters. The number of anilines is 1. The first kappa shape index (κ1) is 15.0. The van der Waals surface area contributed by atoms with E-state index < -0.39 is 0 Å². The summed E-state index contributed by atoms with van der Waals surface area (Å²) in [5.41, 5.74) is 0.620. The zero-order valence-electron chi connectivity index (χ0n) is 12.3.